The van der Waals surface area contributed by atoms with Crippen molar-refractivity contribution in [1.82, 2.24) is 0 Å². The molecular formula is C12H27Cl2FSi. The molecule has 0 amide bonds. The molecule has 0 rings (SSSR count). The van der Waals surface area contributed by atoms with Crippen molar-refractivity contribution in [3.63, 3.8) is 0 Å². The first-order valence-electron chi connectivity index (χ1n) is 6.44. The van der Waals surface area contributed by atoms with Gasteiger partial charge in [-0.1, -0.05) is 64.7 Å². The van der Waals surface area contributed by atoms with Crippen molar-refractivity contribution in [1.29, 1.82) is 0 Å². The molecule has 0 fully saturated rings. The third-order valence-electron chi connectivity index (χ3n) is 2.72. The van der Waals surface area contributed by atoms with Gasteiger partial charge in [0.25, 0.3) is 0 Å². The van der Waals surface area contributed by atoms with Gasteiger partial charge >= 0.3 is 0 Å². The van der Waals surface area contributed by atoms with Gasteiger partial charge in [0.05, 0.1) is 0 Å². The van der Waals surface area contributed by atoms with Crippen molar-refractivity contribution in [3.05, 3.63) is 0 Å². The van der Waals surface area contributed by atoms with Crippen LogP contribution in [0.2, 0.25) is 12.6 Å². The van der Waals surface area contributed by atoms with E-state index in [0.29, 0.717) is 0 Å². The normalized spacial score (nSPS) is 11.2. The van der Waals surface area contributed by atoms with E-state index in [9.17, 15) is 0 Å². The summed E-state index contributed by atoms with van der Waals surface area (Å²) in [6, 6.07) is 1.06. The van der Waals surface area contributed by atoms with Crippen LogP contribution in [0.25, 0.3) is 0 Å². The molecule has 0 heterocycles. The highest BCUT2D eigenvalue weighted by Crippen LogP contribution is 2.23. The molecule has 100 valence electrons. The average Bonchev–Trinajstić information content (AvgIpc) is 2.14. The molecular weight excluding hydrogens is 262 g/mol. The monoisotopic (exact) mass is 288 g/mol. The van der Waals surface area contributed by atoms with Crippen LogP contribution in [0.3, 0.4) is 0 Å². The fourth-order valence-electron chi connectivity index (χ4n) is 1.75. The minimum absolute atomic E-state index is 0. The Bertz CT molecular complexity index is 137. The lowest BCUT2D eigenvalue weighted by Gasteiger charge is -2.08. The summed E-state index contributed by atoms with van der Waals surface area (Å²) in [5.41, 5.74) is 0. The van der Waals surface area contributed by atoms with Crippen LogP contribution in [-0.4, -0.2) is 6.69 Å². The Kier molecular flexibility index (Phi) is 14.5. The number of rotatable bonds is 10. The van der Waals surface area contributed by atoms with Crippen LogP contribution in [-0.2, 0) is 0 Å². The van der Waals surface area contributed by atoms with E-state index >= 15 is 0 Å². The molecule has 0 saturated heterocycles. The summed E-state index contributed by atoms with van der Waals surface area (Å²) in [6.07, 6.45) is 12.3. The summed E-state index contributed by atoms with van der Waals surface area (Å²) in [6.45, 7) is 2.48. The van der Waals surface area contributed by atoms with Gasteiger partial charge in [-0.15, -0.1) is 22.2 Å². The molecule has 16 heavy (non-hydrogen) atoms. The lowest BCUT2D eigenvalue weighted by Crippen LogP contribution is -2.11. The van der Waals surface area contributed by atoms with Crippen LogP contribution in [0.1, 0.15) is 64.7 Å². The average molecular weight is 289 g/mol. The molecule has 0 bridgehead atoms. The Morgan fingerprint density at radius 3 is 1.50 bits per heavy atom. The number of hydrogen-bond acceptors (Lipinski definition) is 0. The maximum Gasteiger partial charge on any atom is 0.248 e. The molecule has 0 saturated carbocycles. The molecule has 0 unspecified atom stereocenters. The molecule has 0 aromatic carbocycles. The largest absolute Gasteiger partial charge is 0.269 e. The predicted octanol–water partition coefficient (Wildman–Crippen LogP) is 6.22. The van der Waals surface area contributed by atoms with E-state index in [1.165, 1.54) is 57.8 Å². The van der Waals surface area contributed by atoms with Gasteiger partial charge in [0.2, 0.25) is 6.69 Å². The highest BCUT2D eigenvalue weighted by atomic mass is 35.7. The van der Waals surface area contributed by atoms with Crippen LogP contribution in [0.4, 0.5) is 4.70 Å². The molecule has 0 aliphatic carbocycles. The first kappa shape index (κ1) is 19.1. The standard InChI is InChI=1S/C12H26Cl2Si.FH/c1-3-4-5-6-7-8-9-10-11-12-15(2,13)14;/h3-12H2,1-2H3;1H. The van der Waals surface area contributed by atoms with E-state index in [-0.39, 0.29) is 4.70 Å². The van der Waals surface area contributed by atoms with Crippen LogP contribution >= 0.6 is 22.2 Å². The smallest absolute Gasteiger partial charge is 0.248 e. The zero-order valence-electron chi connectivity index (χ0n) is 10.7. The Hall–Kier alpha value is 0.727. The SMILES string of the molecule is CCCCCCCCCCC[Si](C)(Cl)Cl.F. The molecule has 0 aliphatic heterocycles. The molecule has 0 aliphatic rings. The second kappa shape index (κ2) is 12.2. The second-order valence-electron chi connectivity index (χ2n) is 4.65. The van der Waals surface area contributed by atoms with Crippen molar-refractivity contribution in [3.8, 4) is 0 Å². The molecule has 4 heteroatoms. The van der Waals surface area contributed by atoms with Gasteiger partial charge in [-0.2, -0.15) is 0 Å². The molecule has 0 N–H and O–H groups in total. The first-order chi connectivity index (χ1) is 7.06. The van der Waals surface area contributed by atoms with Gasteiger partial charge in [0.15, 0.2) is 0 Å². The molecule has 0 aromatic heterocycles. The molecule has 0 radical (unpaired) electrons. The quantitative estimate of drug-likeness (QED) is 0.254. The summed E-state index contributed by atoms with van der Waals surface area (Å²) in [5, 5.41) is 0. The highest BCUT2D eigenvalue weighted by Gasteiger charge is 2.19. The second-order valence-corrected chi connectivity index (χ2v) is 12.9. The van der Waals surface area contributed by atoms with Crippen LogP contribution in [0.5, 0.6) is 0 Å². The van der Waals surface area contributed by atoms with Crippen molar-refractivity contribution in [2.75, 3.05) is 0 Å². The van der Waals surface area contributed by atoms with Crippen molar-refractivity contribution in [2.24, 2.45) is 0 Å². The van der Waals surface area contributed by atoms with E-state index in [0.717, 1.165) is 6.04 Å². The fraction of sp³-hybridized carbons (Fsp3) is 1.00. The Morgan fingerprint density at radius 2 is 1.12 bits per heavy atom. The zero-order valence-corrected chi connectivity index (χ0v) is 13.2. The predicted molar refractivity (Wildman–Crippen MR) is 77.9 cm³/mol. The van der Waals surface area contributed by atoms with Gasteiger partial charge in [-0.25, -0.2) is 0 Å². The highest BCUT2D eigenvalue weighted by molar-refractivity contribution is 7.44. The number of unbranched alkanes of at least 4 members (excludes halogenated alkanes) is 8. The van der Waals surface area contributed by atoms with E-state index in [1.807, 2.05) is 6.55 Å². The Balaban J connectivity index is 0. The minimum atomic E-state index is -1.80. The third-order valence-corrected chi connectivity index (χ3v) is 5.08. The summed E-state index contributed by atoms with van der Waals surface area (Å²) < 4.78 is 0. The fourth-order valence-corrected chi connectivity index (χ4v) is 3.42. The summed E-state index contributed by atoms with van der Waals surface area (Å²) in [5.74, 6) is 0. The van der Waals surface area contributed by atoms with Gasteiger partial charge < -0.3 is 0 Å². The van der Waals surface area contributed by atoms with Gasteiger partial charge in [-0.3, -0.25) is 4.70 Å². The van der Waals surface area contributed by atoms with Gasteiger partial charge in [-0.05, 0) is 12.6 Å². The number of hydrogen-bond donors (Lipinski definition) is 0. The lowest BCUT2D eigenvalue weighted by molar-refractivity contribution is 0.572. The minimum Gasteiger partial charge on any atom is -0.269 e. The summed E-state index contributed by atoms with van der Waals surface area (Å²) in [7, 11) is 0. The Morgan fingerprint density at radius 1 is 0.750 bits per heavy atom. The molecule has 0 atom stereocenters. The number of halogens is 3. The van der Waals surface area contributed by atoms with Crippen molar-refractivity contribution < 1.29 is 4.70 Å². The van der Waals surface area contributed by atoms with Crippen LogP contribution < -0.4 is 0 Å². The summed E-state index contributed by atoms with van der Waals surface area (Å²) in [4.78, 5) is 0. The zero-order chi connectivity index (χ0) is 11.6. The lowest BCUT2D eigenvalue weighted by atomic mass is 10.1. The van der Waals surface area contributed by atoms with E-state index in [2.05, 4.69) is 6.92 Å². The van der Waals surface area contributed by atoms with Crippen LogP contribution in [0, 0.1) is 0 Å². The van der Waals surface area contributed by atoms with Crippen LogP contribution in [0.15, 0.2) is 0 Å². The van der Waals surface area contributed by atoms with Crippen molar-refractivity contribution in [2.45, 2.75) is 77.3 Å². The molecule has 0 aromatic rings. The third kappa shape index (κ3) is 17.1. The molecule has 0 spiro atoms. The Labute approximate surface area is 111 Å². The maximum absolute atomic E-state index is 6.03. The van der Waals surface area contributed by atoms with E-state index < -0.39 is 6.69 Å². The van der Waals surface area contributed by atoms with Gasteiger partial charge in [0.1, 0.15) is 0 Å². The van der Waals surface area contributed by atoms with Crippen molar-refractivity contribution >= 4 is 28.9 Å². The maximum atomic E-state index is 6.03. The van der Waals surface area contributed by atoms with E-state index in [4.69, 9.17) is 22.2 Å². The summed E-state index contributed by atoms with van der Waals surface area (Å²) >= 11 is 12.1. The first-order valence-corrected chi connectivity index (χ1v) is 11.2. The van der Waals surface area contributed by atoms with Gasteiger partial charge in [0, 0.05) is 0 Å². The topological polar surface area (TPSA) is 0 Å². The molecule has 0 nitrogen and oxygen atoms in total. The van der Waals surface area contributed by atoms with E-state index in [1.54, 1.807) is 0 Å².